The molecule has 4 rings (SSSR count). The highest BCUT2D eigenvalue weighted by Gasteiger charge is 2.32. The van der Waals surface area contributed by atoms with Gasteiger partial charge in [0.1, 0.15) is 11.5 Å². The van der Waals surface area contributed by atoms with Gasteiger partial charge in [-0.15, -0.1) is 0 Å². The van der Waals surface area contributed by atoms with Crippen molar-refractivity contribution in [1.82, 2.24) is 0 Å². The predicted octanol–water partition coefficient (Wildman–Crippen LogP) is 5.35. The van der Waals surface area contributed by atoms with Gasteiger partial charge in [0.05, 0.1) is 31.1 Å². The Bertz CT molecular complexity index is 1360. The number of fused-ring (bicyclic) bond motifs is 1. The van der Waals surface area contributed by atoms with Crippen LogP contribution >= 0.6 is 11.6 Å². The van der Waals surface area contributed by atoms with Crippen LogP contribution in [-0.4, -0.2) is 60.5 Å². The van der Waals surface area contributed by atoms with E-state index in [1.807, 2.05) is 12.1 Å². The first-order chi connectivity index (χ1) is 19.8. The molecule has 1 amide bonds. The number of ether oxygens (including phenoxy) is 3. The highest BCUT2D eigenvalue weighted by Crippen LogP contribution is 2.40. The number of hydrogen-bond acceptors (Lipinski definition) is 7. The van der Waals surface area contributed by atoms with Crippen molar-refractivity contribution in [2.75, 3.05) is 36.5 Å². The summed E-state index contributed by atoms with van der Waals surface area (Å²) in [6.07, 6.45) is 0.718. The van der Waals surface area contributed by atoms with Crippen LogP contribution < -0.4 is 24.4 Å². The smallest absolute Gasteiger partial charge is 0.346 e. The average molecular weight is 583 g/mol. The van der Waals surface area contributed by atoms with Crippen LogP contribution in [0.1, 0.15) is 36.0 Å². The molecule has 0 spiro atoms. The number of amides is 1. The van der Waals surface area contributed by atoms with Crippen LogP contribution in [0.3, 0.4) is 0 Å². The largest absolute Gasteiger partial charge is 0.494 e. The fourth-order valence-electron chi connectivity index (χ4n) is 4.27. The third kappa shape index (κ3) is 8.52. The van der Waals surface area contributed by atoms with Gasteiger partial charge in [-0.05, 0) is 73.9 Å². The number of carboxylic acid groups (broad SMARTS) is 2. The van der Waals surface area contributed by atoms with Gasteiger partial charge in [0.25, 0.3) is 5.91 Å². The topological polar surface area (TPSA) is 135 Å². The summed E-state index contributed by atoms with van der Waals surface area (Å²) in [4.78, 5) is 37.4. The monoisotopic (exact) mass is 582 g/mol. The van der Waals surface area contributed by atoms with E-state index < -0.39 is 23.9 Å². The van der Waals surface area contributed by atoms with Crippen molar-refractivity contribution in [2.45, 2.75) is 31.8 Å². The van der Waals surface area contributed by atoms with E-state index in [0.29, 0.717) is 53.9 Å². The lowest BCUT2D eigenvalue weighted by Crippen LogP contribution is -2.45. The molecule has 41 heavy (non-hydrogen) atoms. The lowest BCUT2D eigenvalue weighted by Gasteiger charge is -2.35. The summed E-state index contributed by atoms with van der Waals surface area (Å²) in [6, 6.07) is 19.0. The van der Waals surface area contributed by atoms with E-state index in [2.05, 4.69) is 5.32 Å². The predicted molar refractivity (Wildman–Crippen MR) is 154 cm³/mol. The lowest BCUT2D eigenvalue weighted by atomic mass is 10.1. The number of unbranched alkanes of at least 4 members (excludes halogenated alkanes) is 1. The maximum absolute atomic E-state index is 13.0. The van der Waals surface area contributed by atoms with E-state index in [-0.39, 0.29) is 18.7 Å². The molecule has 0 aromatic heterocycles. The van der Waals surface area contributed by atoms with Gasteiger partial charge in [-0.2, -0.15) is 0 Å². The summed E-state index contributed by atoms with van der Waals surface area (Å²) >= 11 is 5.95. The Labute approximate surface area is 242 Å². The molecule has 0 fully saturated rings. The quantitative estimate of drug-likeness (QED) is 0.215. The number of nitrogens with zero attached hydrogens (tertiary/aromatic N) is 1. The molecule has 1 unspecified atom stereocenters. The van der Waals surface area contributed by atoms with E-state index in [4.69, 9.17) is 30.9 Å². The van der Waals surface area contributed by atoms with Crippen molar-refractivity contribution in [2.24, 2.45) is 0 Å². The zero-order chi connectivity index (χ0) is 29.2. The first kappa shape index (κ1) is 29.5. The fourth-order valence-corrected chi connectivity index (χ4v) is 4.45. The van der Waals surface area contributed by atoms with Gasteiger partial charge >= 0.3 is 11.9 Å². The Morgan fingerprint density at radius 1 is 0.927 bits per heavy atom. The summed E-state index contributed by atoms with van der Waals surface area (Å²) in [5.41, 5.74) is 1.29. The molecule has 1 atom stereocenters. The van der Waals surface area contributed by atoms with Crippen LogP contribution in [0.2, 0.25) is 5.02 Å². The minimum atomic E-state index is -1.16. The first-order valence-corrected chi connectivity index (χ1v) is 13.6. The van der Waals surface area contributed by atoms with Gasteiger partial charge in [-0.1, -0.05) is 23.7 Å². The molecule has 1 heterocycles. The Morgan fingerprint density at radius 2 is 1.63 bits per heavy atom. The minimum Gasteiger partial charge on any atom is -0.494 e. The Balaban J connectivity index is 1.30. The molecular weight excluding hydrogens is 552 g/mol. The molecule has 3 N–H and O–H groups in total. The summed E-state index contributed by atoms with van der Waals surface area (Å²) in [7, 11) is 0. The Morgan fingerprint density at radius 3 is 2.32 bits per heavy atom. The molecule has 1 aliphatic rings. The number of carbonyl (C=O) groups excluding carboxylic acids is 1. The molecule has 10 nitrogen and oxygen atoms in total. The van der Waals surface area contributed by atoms with E-state index in [0.717, 1.165) is 18.6 Å². The number of aliphatic carboxylic acids is 2. The number of rotatable bonds is 14. The Kier molecular flexibility index (Phi) is 10.3. The number of halogens is 1. The molecule has 3 aromatic rings. The summed E-state index contributed by atoms with van der Waals surface area (Å²) in [6.45, 7) is 1.44. The maximum atomic E-state index is 13.0. The van der Waals surface area contributed by atoms with Crippen molar-refractivity contribution in [3.8, 4) is 17.2 Å². The third-order valence-electron chi connectivity index (χ3n) is 6.31. The highest BCUT2D eigenvalue weighted by molar-refractivity contribution is 6.30. The number of para-hydroxylation sites is 1. The molecule has 3 aromatic carbocycles. The summed E-state index contributed by atoms with van der Waals surface area (Å²) in [5, 5.41) is 22.0. The zero-order valence-electron chi connectivity index (χ0n) is 22.3. The van der Waals surface area contributed by atoms with Gasteiger partial charge in [0.15, 0.2) is 5.75 Å². The molecule has 0 saturated heterocycles. The molecule has 0 saturated carbocycles. The third-order valence-corrected chi connectivity index (χ3v) is 6.55. The second-order valence-corrected chi connectivity index (χ2v) is 9.82. The second kappa shape index (κ2) is 14.3. The van der Waals surface area contributed by atoms with Crippen LogP contribution in [0.25, 0.3) is 0 Å². The van der Waals surface area contributed by atoms with Crippen LogP contribution in [0.5, 0.6) is 17.2 Å². The number of carbonyl (C=O) groups is 3. The van der Waals surface area contributed by atoms with E-state index in [1.54, 1.807) is 59.5 Å². The van der Waals surface area contributed by atoms with Crippen molar-refractivity contribution in [3.05, 3.63) is 77.3 Å². The first-order valence-electron chi connectivity index (χ1n) is 13.2. The van der Waals surface area contributed by atoms with Gasteiger partial charge in [-0.25, -0.2) is 4.79 Å². The van der Waals surface area contributed by atoms with E-state index in [1.165, 1.54) is 0 Å². The van der Waals surface area contributed by atoms with Crippen LogP contribution in [0, 0.1) is 0 Å². The zero-order valence-corrected chi connectivity index (χ0v) is 23.0. The summed E-state index contributed by atoms with van der Waals surface area (Å²) < 4.78 is 17.2. The van der Waals surface area contributed by atoms with Crippen molar-refractivity contribution in [1.29, 1.82) is 0 Å². The van der Waals surface area contributed by atoms with Crippen molar-refractivity contribution >= 4 is 40.8 Å². The van der Waals surface area contributed by atoms with Gasteiger partial charge in [-0.3, -0.25) is 9.59 Å². The number of nitrogens with one attached hydrogen (secondary N) is 1. The standard InChI is InChI=1S/C30H31ClN2O8/c31-21-6-3-7-23(18-21)40-17-2-1-16-39-22-13-11-20(12-14-22)29(36)32-24-8-4-9-25-28(24)41-26(30(37)38)19-33(25)15-5-10-27(34)35/h3-4,6-9,11-14,18,26H,1-2,5,10,15-17,19H2,(H,32,36)(H,34,35)(H,37,38). The molecule has 0 radical (unpaired) electrons. The number of carboxylic acids is 2. The van der Waals surface area contributed by atoms with Crippen LogP contribution in [0.15, 0.2) is 66.7 Å². The molecule has 0 bridgehead atoms. The minimum absolute atomic E-state index is 0.0427. The number of benzene rings is 3. The lowest BCUT2D eigenvalue weighted by molar-refractivity contribution is -0.145. The molecule has 1 aliphatic heterocycles. The molecule has 0 aliphatic carbocycles. The fraction of sp³-hybridized carbons (Fsp3) is 0.300. The molecular formula is C30H31ClN2O8. The normalized spacial score (nSPS) is 14.0. The molecule has 11 heteroatoms. The van der Waals surface area contributed by atoms with Crippen LogP contribution in [-0.2, 0) is 9.59 Å². The number of anilines is 2. The van der Waals surface area contributed by atoms with Gasteiger partial charge < -0.3 is 34.6 Å². The highest BCUT2D eigenvalue weighted by atomic mass is 35.5. The van der Waals surface area contributed by atoms with Gasteiger partial charge in [0, 0.05) is 23.6 Å². The van der Waals surface area contributed by atoms with E-state index in [9.17, 15) is 19.5 Å². The summed E-state index contributed by atoms with van der Waals surface area (Å²) in [5.74, 6) is -0.895. The maximum Gasteiger partial charge on any atom is 0.346 e. The van der Waals surface area contributed by atoms with Crippen LogP contribution in [0.4, 0.5) is 11.4 Å². The molecule has 216 valence electrons. The number of hydrogen-bond donors (Lipinski definition) is 3. The SMILES string of the molecule is O=C(O)CCCN1CC(C(=O)O)Oc2c(NC(=O)c3ccc(OCCCCOc4cccc(Cl)c4)cc3)cccc21. The van der Waals surface area contributed by atoms with E-state index >= 15 is 0 Å². The van der Waals surface area contributed by atoms with Crippen molar-refractivity contribution in [3.63, 3.8) is 0 Å². The van der Waals surface area contributed by atoms with Crippen molar-refractivity contribution < 1.29 is 38.8 Å². The second-order valence-electron chi connectivity index (χ2n) is 9.38. The van der Waals surface area contributed by atoms with Gasteiger partial charge in [0.2, 0.25) is 6.10 Å². The Hall–Kier alpha value is -4.44. The average Bonchev–Trinajstić information content (AvgIpc) is 2.95.